The molecule has 0 radical (unpaired) electrons. The van der Waals surface area contributed by atoms with Crippen LogP contribution < -0.4 is 5.32 Å². The predicted molar refractivity (Wildman–Crippen MR) is 112 cm³/mol. The van der Waals surface area contributed by atoms with E-state index < -0.39 is 21.7 Å². The molecule has 0 aliphatic carbocycles. The Morgan fingerprint density at radius 3 is 2.46 bits per heavy atom. The van der Waals surface area contributed by atoms with Gasteiger partial charge >= 0.3 is 0 Å². The van der Waals surface area contributed by atoms with Crippen LogP contribution in [0, 0.1) is 12.7 Å². The normalized spacial score (nSPS) is 11.6. The molecule has 2 aromatic carbocycles. The molecule has 0 bridgehead atoms. The van der Waals surface area contributed by atoms with Crippen LogP contribution in [0.25, 0.3) is 0 Å². The molecule has 0 saturated carbocycles. The second-order valence-corrected chi connectivity index (χ2v) is 9.60. The number of carbonyl (C=O) groups excluding carboxylic acids is 1. The molecule has 0 aliphatic rings. The maximum absolute atomic E-state index is 13.8. The zero-order chi connectivity index (χ0) is 20.6. The first-order chi connectivity index (χ1) is 13.3. The molecule has 0 atom stereocenters. The number of benzene rings is 2. The number of hydrogen-bond acceptors (Lipinski definition) is 4. The van der Waals surface area contributed by atoms with Crippen molar-refractivity contribution in [2.75, 3.05) is 25.1 Å². The molecule has 8 heteroatoms. The summed E-state index contributed by atoms with van der Waals surface area (Å²) in [5.74, 6) is 0.659. The molecular formula is C20H25FN2O3S2. The van der Waals surface area contributed by atoms with Gasteiger partial charge in [0, 0.05) is 30.2 Å². The molecule has 28 heavy (non-hydrogen) atoms. The number of thioether (sulfide) groups is 1. The highest BCUT2D eigenvalue weighted by molar-refractivity contribution is 7.98. The summed E-state index contributed by atoms with van der Waals surface area (Å²) in [6.45, 7) is 1.96. The molecule has 2 rings (SSSR count). The van der Waals surface area contributed by atoms with E-state index in [1.807, 2.05) is 6.92 Å². The number of rotatable bonds is 10. The second kappa shape index (κ2) is 10.6. The van der Waals surface area contributed by atoms with Gasteiger partial charge in [-0.15, -0.1) is 0 Å². The first kappa shape index (κ1) is 22.4. The van der Waals surface area contributed by atoms with Crippen LogP contribution in [0.5, 0.6) is 0 Å². The monoisotopic (exact) mass is 424 g/mol. The minimum absolute atomic E-state index is 0.179. The highest BCUT2D eigenvalue weighted by atomic mass is 32.2. The lowest BCUT2D eigenvalue weighted by atomic mass is 10.2. The smallest absolute Gasteiger partial charge is 0.235 e. The molecule has 0 heterocycles. The zero-order valence-electron chi connectivity index (χ0n) is 16.0. The molecule has 0 aliphatic heterocycles. The van der Waals surface area contributed by atoms with Crippen molar-refractivity contribution in [1.29, 1.82) is 0 Å². The molecule has 0 spiro atoms. The van der Waals surface area contributed by atoms with Gasteiger partial charge in [0.1, 0.15) is 5.82 Å². The van der Waals surface area contributed by atoms with E-state index in [1.54, 1.807) is 17.8 Å². The first-order valence-electron chi connectivity index (χ1n) is 8.84. The number of carbonyl (C=O) groups is 1. The lowest BCUT2D eigenvalue weighted by Crippen LogP contribution is -2.40. The van der Waals surface area contributed by atoms with E-state index in [0.29, 0.717) is 12.3 Å². The molecule has 0 unspecified atom stereocenters. The number of hydrogen-bond donors (Lipinski definition) is 1. The van der Waals surface area contributed by atoms with Crippen LogP contribution >= 0.6 is 11.8 Å². The van der Waals surface area contributed by atoms with Gasteiger partial charge in [-0.3, -0.25) is 4.79 Å². The van der Waals surface area contributed by atoms with E-state index >= 15 is 0 Å². The SMILES string of the molecule is Cc1ccc(CSCCNC(=O)CN(Cc2ccccc2F)S(C)(=O)=O)cc1. The number of aryl methyl sites for hydroxylation is 1. The molecule has 152 valence electrons. The summed E-state index contributed by atoms with van der Waals surface area (Å²) >= 11 is 1.69. The van der Waals surface area contributed by atoms with Gasteiger partial charge in [-0.2, -0.15) is 16.1 Å². The highest BCUT2D eigenvalue weighted by Gasteiger charge is 2.21. The lowest BCUT2D eigenvalue weighted by Gasteiger charge is -2.20. The summed E-state index contributed by atoms with van der Waals surface area (Å²) in [6.07, 6.45) is 1.01. The van der Waals surface area contributed by atoms with Crippen molar-refractivity contribution >= 4 is 27.7 Å². The largest absolute Gasteiger partial charge is 0.354 e. The maximum Gasteiger partial charge on any atom is 0.235 e. The Balaban J connectivity index is 1.78. The summed E-state index contributed by atoms with van der Waals surface area (Å²) in [5, 5.41) is 2.72. The standard InChI is InChI=1S/C20H25FN2O3S2/c1-16-7-9-17(10-8-16)15-27-12-11-22-20(24)14-23(28(2,25)26)13-18-5-3-4-6-19(18)21/h3-10H,11-15H2,1-2H3,(H,22,24). The number of halogens is 1. The number of nitrogens with zero attached hydrogens (tertiary/aromatic N) is 1. The number of amides is 1. The van der Waals surface area contributed by atoms with Crippen LogP contribution in [0.1, 0.15) is 16.7 Å². The Bertz CT molecular complexity index is 887. The van der Waals surface area contributed by atoms with Crippen molar-refractivity contribution in [1.82, 2.24) is 9.62 Å². The Morgan fingerprint density at radius 2 is 1.82 bits per heavy atom. The summed E-state index contributed by atoms with van der Waals surface area (Å²) < 4.78 is 38.7. The fourth-order valence-corrected chi connectivity index (χ4v) is 4.00. The van der Waals surface area contributed by atoms with E-state index in [1.165, 1.54) is 29.3 Å². The molecular weight excluding hydrogens is 399 g/mol. The average Bonchev–Trinajstić information content (AvgIpc) is 2.63. The van der Waals surface area contributed by atoms with Gasteiger partial charge in [-0.05, 0) is 18.6 Å². The van der Waals surface area contributed by atoms with Gasteiger partial charge in [0.05, 0.1) is 12.8 Å². The third kappa shape index (κ3) is 7.61. The van der Waals surface area contributed by atoms with Crippen LogP contribution in [0.3, 0.4) is 0 Å². The van der Waals surface area contributed by atoms with Crippen molar-refractivity contribution in [2.24, 2.45) is 0 Å². The molecule has 1 N–H and O–H groups in total. The Hall–Kier alpha value is -1.90. The Kier molecular flexibility index (Phi) is 8.47. The summed E-state index contributed by atoms with van der Waals surface area (Å²) in [4.78, 5) is 12.1. The third-order valence-corrected chi connectivity index (χ3v) is 6.28. The van der Waals surface area contributed by atoms with Crippen molar-refractivity contribution in [3.8, 4) is 0 Å². The van der Waals surface area contributed by atoms with Gasteiger partial charge in [-0.1, -0.05) is 48.0 Å². The molecule has 0 saturated heterocycles. The fourth-order valence-electron chi connectivity index (χ4n) is 2.46. The fraction of sp³-hybridized carbons (Fsp3) is 0.350. The molecule has 0 aromatic heterocycles. The van der Waals surface area contributed by atoms with Crippen molar-refractivity contribution in [3.63, 3.8) is 0 Å². The van der Waals surface area contributed by atoms with E-state index in [9.17, 15) is 17.6 Å². The number of nitrogens with one attached hydrogen (secondary N) is 1. The van der Waals surface area contributed by atoms with Gasteiger partial charge in [-0.25, -0.2) is 12.8 Å². The highest BCUT2D eigenvalue weighted by Crippen LogP contribution is 2.13. The maximum atomic E-state index is 13.8. The van der Waals surface area contributed by atoms with Crippen LogP contribution in [0.4, 0.5) is 4.39 Å². The van der Waals surface area contributed by atoms with Crippen molar-refractivity contribution in [3.05, 3.63) is 71.0 Å². The van der Waals surface area contributed by atoms with Crippen LogP contribution in [0.15, 0.2) is 48.5 Å². The van der Waals surface area contributed by atoms with Crippen molar-refractivity contribution in [2.45, 2.75) is 19.2 Å². The lowest BCUT2D eigenvalue weighted by molar-refractivity contribution is -0.121. The minimum Gasteiger partial charge on any atom is -0.354 e. The average molecular weight is 425 g/mol. The van der Waals surface area contributed by atoms with Crippen LogP contribution in [-0.2, 0) is 27.1 Å². The topological polar surface area (TPSA) is 66.5 Å². The summed E-state index contributed by atoms with van der Waals surface area (Å²) in [7, 11) is -3.65. The Labute approximate surface area is 170 Å². The molecule has 0 fully saturated rings. The van der Waals surface area contributed by atoms with E-state index in [4.69, 9.17) is 0 Å². The summed E-state index contributed by atoms with van der Waals surface area (Å²) in [5.41, 5.74) is 2.66. The zero-order valence-corrected chi connectivity index (χ0v) is 17.7. The van der Waals surface area contributed by atoms with E-state index in [2.05, 4.69) is 29.6 Å². The molecule has 2 aromatic rings. The molecule has 1 amide bonds. The van der Waals surface area contributed by atoms with Gasteiger partial charge in [0.15, 0.2) is 0 Å². The molecule has 5 nitrogen and oxygen atoms in total. The van der Waals surface area contributed by atoms with E-state index in [-0.39, 0.29) is 18.7 Å². The van der Waals surface area contributed by atoms with Gasteiger partial charge in [0.25, 0.3) is 0 Å². The number of sulfonamides is 1. The van der Waals surface area contributed by atoms with Crippen molar-refractivity contribution < 1.29 is 17.6 Å². The summed E-state index contributed by atoms with van der Waals surface area (Å²) in [6, 6.07) is 14.2. The second-order valence-electron chi connectivity index (χ2n) is 6.51. The predicted octanol–water partition coefficient (Wildman–Crippen LogP) is 2.95. The quantitative estimate of drug-likeness (QED) is 0.596. The van der Waals surface area contributed by atoms with Crippen LogP contribution in [0.2, 0.25) is 0 Å². The van der Waals surface area contributed by atoms with Gasteiger partial charge < -0.3 is 5.32 Å². The minimum atomic E-state index is -3.65. The third-order valence-electron chi connectivity index (χ3n) is 4.05. The Morgan fingerprint density at radius 1 is 1.14 bits per heavy atom. The van der Waals surface area contributed by atoms with E-state index in [0.717, 1.165) is 16.3 Å². The first-order valence-corrected chi connectivity index (χ1v) is 11.8. The van der Waals surface area contributed by atoms with Crippen LogP contribution in [-0.4, -0.2) is 43.7 Å². The van der Waals surface area contributed by atoms with Gasteiger partial charge in [0.2, 0.25) is 15.9 Å².